The van der Waals surface area contributed by atoms with Crippen LogP contribution in [0.25, 0.3) is 11.1 Å². The van der Waals surface area contributed by atoms with Crippen LogP contribution in [-0.4, -0.2) is 24.5 Å². The van der Waals surface area contributed by atoms with Gasteiger partial charge >= 0.3 is 0 Å². The Hall–Kier alpha value is -2.50. The van der Waals surface area contributed by atoms with Gasteiger partial charge in [-0.25, -0.2) is 4.98 Å². The molecule has 0 saturated carbocycles. The number of aromatic nitrogens is 1. The summed E-state index contributed by atoms with van der Waals surface area (Å²) in [4.78, 5) is 16.7. The molecule has 3 aromatic rings. The second kappa shape index (κ2) is 8.55. The zero-order valence-electron chi connectivity index (χ0n) is 14.1. The first-order valence-electron chi connectivity index (χ1n) is 8.12. The number of thiazole rings is 1. The van der Waals surface area contributed by atoms with Crippen molar-refractivity contribution < 1.29 is 9.53 Å². The average molecular weight is 352 g/mol. The second-order valence-electron chi connectivity index (χ2n) is 5.61. The summed E-state index contributed by atoms with van der Waals surface area (Å²) >= 11 is 1.58. The van der Waals surface area contributed by atoms with Crippen molar-refractivity contribution in [1.82, 2.24) is 10.3 Å². The summed E-state index contributed by atoms with van der Waals surface area (Å²) in [6.45, 7) is 1.10. The summed E-state index contributed by atoms with van der Waals surface area (Å²) in [7, 11) is 1.66. The molecule has 0 aliphatic carbocycles. The van der Waals surface area contributed by atoms with Crippen molar-refractivity contribution in [3.8, 4) is 11.1 Å². The van der Waals surface area contributed by atoms with Gasteiger partial charge in [-0.1, -0.05) is 42.5 Å². The highest BCUT2D eigenvalue weighted by Crippen LogP contribution is 2.19. The monoisotopic (exact) mass is 352 g/mol. The number of ether oxygens (including phenoxy) is 1. The lowest BCUT2D eigenvalue weighted by molar-refractivity contribution is 0.0954. The van der Waals surface area contributed by atoms with Gasteiger partial charge in [0.15, 0.2) is 0 Å². The first-order valence-corrected chi connectivity index (χ1v) is 9.00. The summed E-state index contributed by atoms with van der Waals surface area (Å²) in [5.74, 6) is -0.0630. The lowest BCUT2D eigenvalue weighted by Crippen LogP contribution is -2.25. The average Bonchev–Trinajstić information content (AvgIpc) is 3.10. The normalized spacial score (nSPS) is 10.6. The number of hydrogen-bond acceptors (Lipinski definition) is 4. The van der Waals surface area contributed by atoms with Crippen LogP contribution in [0, 0.1) is 0 Å². The zero-order chi connectivity index (χ0) is 17.5. The number of amides is 1. The first-order chi connectivity index (χ1) is 12.3. The van der Waals surface area contributed by atoms with E-state index >= 15 is 0 Å². The largest absolute Gasteiger partial charge is 0.378 e. The third-order valence-electron chi connectivity index (χ3n) is 3.79. The van der Waals surface area contributed by atoms with Crippen molar-refractivity contribution in [3.63, 3.8) is 0 Å². The van der Waals surface area contributed by atoms with Crippen LogP contribution in [0.1, 0.15) is 21.1 Å². The molecule has 1 aromatic heterocycles. The standard InChI is InChI=1S/C20H20N2O2S/c1-24-13-19-22-18(14-25-19)11-12-21-20(23)17-9-7-16(8-10-17)15-5-3-2-4-6-15/h2-10,14H,11-13H2,1H3,(H,21,23). The summed E-state index contributed by atoms with van der Waals surface area (Å²) in [5.41, 5.74) is 3.89. The van der Waals surface area contributed by atoms with E-state index < -0.39 is 0 Å². The van der Waals surface area contributed by atoms with Gasteiger partial charge in [-0.15, -0.1) is 11.3 Å². The topological polar surface area (TPSA) is 51.2 Å². The molecule has 0 unspecified atom stereocenters. The third kappa shape index (κ3) is 4.75. The molecule has 5 heteroatoms. The fourth-order valence-corrected chi connectivity index (χ4v) is 3.30. The molecule has 0 atom stereocenters. The van der Waals surface area contributed by atoms with Gasteiger partial charge in [0, 0.05) is 31.0 Å². The van der Waals surface area contributed by atoms with Gasteiger partial charge in [0.05, 0.1) is 12.3 Å². The second-order valence-corrected chi connectivity index (χ2v) is 6.56. The van der Waals surface area contributed by atoms with Crippen molar-refractivity contribution in [1.29, 1.82) is 0 Å². The fourth-order valence-electron chi connectivity index (χ4n) is 2.50. The number of hydrogen-bond donors (Lipinski definition) is 1. The Morgan fingerprint density at radius 1 is 1.08 bits per heavy atom. The smallest absolute Gasteiger partial charge is 0.251 e. The van der Waals surface area contributed by atoms with E-state index in [0.29, 0.717) is 25.1 Å². The van der Waals surface area contributed by atoms with Gasteiger partial charge in [-0.3, -0.25) is 4.79 Å². The summed E-state index contributed by atoms with van der Waals surface area (Å²) < 4.78 is 5.06. The Kier molecular flexibility index (Phi) is 5.93. The number of carbonyl (C=O) groups is 1. The Bertz CT molecular complexity index is 813. The summed E-state index contributed by atoms with van der Waals surface area (Å²) in [5, 5.41) is 5.91. The molecule has 25 heavy (non-hydrogen) atoms. The Balaban J connectivity index is 1.52. The van der Waals surface area contributed by atoms with Crippen LogP contribution in [0.15, 0.2) is 60.0 Å². The number of rotatable bonds is 7. The maximum atomic E-state index is 12.2. The van der Waals surface area contributed by atoms with Crippen LogP contribution >= 0.6 is 11.3 Å². The minimum absolute atomic E-state index is 0.0630. The van der Waals surface area contributed by atoms with Crippen LogP contribution in [0.5, 0.6) is 0 Å². The predicted molar refractivity (Wildman–Crippen MR) is 101 cm³/mol. The first kappa shape index (κ1) is 17.3. The third-order valence-corrected chi connectivity index (χ3v) is 4.66. The molecule has 1 amide bonds. The van der Waals surface area contributed by atoms with E-state index in [4.69, 9.17) is 4.74 Å². The van der Waals surface area contributed by atoms with E-state index in [9.17, 15) is 4.79 Å². The SMILES string of the molecule is COCc1nc(CCNC(=O)c2ccc(-c3ccccc3)cc2)cs1. The van der Waals surface area contributed by atoms with Gasteiger partial charge < -0.3 is 10.1 Å². The molecule has 0 fully saturated rings. The van der Waals surface area contributed by atoms with E-state index in [1.165, 1.54) is 0 Å². The van der Waals surface area contributed by atoms with Gasteiger partial charge in [0.2, 0.25) is 0 Å². The highest BCUT2D eigenvalue weighted by atomic mass is 32.1. The fraction of sp³-hybridized carbons (Fsp3) is 0.200. The molecule has 0 spiro atoms. The Morgan fingerprint density at radius 3 is 2.52 bits per heavy atom. The zero-order valence-corrected chi connectivity index (χ0v) is 14.9. The highest BCUT2D eigenvalue weighted by Gasteiger charge is 2.07. The van der Waals surface area contributed by atoms with E-state index in [1.54, 1.807) is 18.4 Å². The molecular formula is C20H20N2O2S. The van der Waals surface area contributed by atoms with Crippen molar-refractivity contribution in [2.75, 3.05) is 13.7 Å². The molecule has 0 aliphatic heterocycles. The van der Waals surface area contributed by atoms with Crippen molar-refractivity contribution in [3.05, 3.63) is 76.2 Å². The lowest BCUT2D eigenvalue weighted by Gasteiger charge is -2.06. The number of carbonyl (C=O) groups excluding carboxylic acids is 1. The number of nitrogens with zero attached hydrogens (tertiary/aromatic N) is 1. The van der Waals surface area contributed by atoms with Crippen molar-refractivity contribution in [2.45, 2.75) is 13.0 Å². The van der Waals surface area contributed by atoms with Crippen LogP contribution in [-0.2, 0) is 17.8 Å². The van der Waals surface area contributed by atoms with Gasteiger partial charge in [-0.2, -0.15) is 0 Å². The predicted octanol–water partition coefficient (Wildman–Crippen LogP) is 3.93. The molecule has 2 aromatic carbocycles. The highest BCUT2D eigenvalue weighted by molar-refractivity contribution is 7.09. The van der Waals surface area contributed by atoms with E-state index in [-0.39, 0.29) is 5.91 Å². The van der Waals surface area contributed by atoms with Crippen LogP contribution in [0.4, 0.5) is 0 Å². The summed E-state index contributed by atoms with van der Waals surface area (Å²) in [6, 6.07) is 17.8. The van der Waals surface area contributed by atoms with Crippen LogP contribution < -0.4 is 5.32 Å². The van der Waals surface area contributed by atoms with E-state index in [1.807, 2.05) is 47.8 Å². The minimum Gasteiger partial charge on any atom is -0.378 e. The number of nitrogens with one attached hydrogen (secondary N) is 1. The molecule has 128 valence electrons. The van der Waals surface area contributed by atoms with E-state index in [0.717, 1.165) is 21.8 Å². The van der Waals surface area contributed by atoms with Crippen molar-refractivity contribution >= 4 is 17.2 Å². The molecule has 0 bridgehead atoms. The van der Waals surface area contributed by atoms with Crippen molar-refractivity contribution in [2.24, 2.45) is 0 Å². The van der Waals surface area contributed by atoms with Crippen LogP contribution in [0.3, 0.4) is 0 Å². The van der Waals surface area contributed by atoms with E-state index in [2.05, 4.69) is 22.4 Å². The molecule has 1 heterocycles. The molecule has 0 aliphatic rings. The molecule has 1 N–H and O–H groups in total. The molecule has 3 rings (SSSR count). The maximum absolute atomic E-state index is 12.2. The Labute approximate surface area is 151 Å². The minimum atomic E-state index is -0.0630. The quantitative estimate of drug-likeness (QED) is 0.701. The molecule has 0 radical (unpaired) electrons. The molecule has 4 nitrogen and oxygen atoms in total. The number of benzene rings is 2. The van der Waals surface area contributed by atoms with Gasteiger partial charge in [0.1, 0.15) is 5.01 Å². The molecular weight excluding hydrogens is 332 g/mol. The number of methoxy groups -OCH3 is 1. The maximum Gasteiger partial charge on any atom is 0.251 e. The van der Waals surface area contributed by atoms with Gasteiger partial charge in [0.25, 0.3) is 5.91 Å². The van der Waals surface area contributed by atoms with Gasteiger partial charge in [-0.05, 0) is 23.3 Å². The Morgan fingerprint density at radius 2 is 1.80 bits per heavy atom. The summed E-state index contributed by atoms with van der Waals surface area (Å²) in [6.07, 6.45) is 0.716. The molecule has 0 saturated heterocycles. The lowest BCUT2D eigenvalue weighted by atomic mass is 10.0. The van der Waals surface area contributed by atoms with Crippen LogP contribution in [0.2, 0.25) is 0 Å².